The lowest BCUT2D eigenvalue weighted by Gasteiger charge is -2.19. The fourth-order valence-corrected chi connectivity index (χ4v) is 2.64. The quantitative estimate of drug-likeness (QED) is 0.499. The Morgan fingerprint density at radius 1 is 1.26 bits per heavy atom. The summed E-state index contributed by atoms with van der Waals surface area (Å²) in [5, 5.41) is 11.3. The van der Waals surface area contributed by atoms with Gasteiger partial charge in [0.05, 0.1) is 4.92 Å². The summed E-state index contributed by atoms with van der Waals surface area (Å²) in [7, 11) is 1.77. The molecule has 120 valence electrons. The Labute approximate surface area is 138 Å². The zero-order chi connectivity index (χ0) is 17.0. The highest BCUT2D eigenvalue weighted by Crippen LogP contribution is 2.29. The van der Waals surface area contributed by atoms with Gasteiger partial charge >= 0.3 is 0 Å². The van der Waals surface area contributed by atoms with Crippen molar-refractivity contribution in [2.45, 2.75) is 11.4 Å². The van der Waals surface area contributed by atoms with Crippen LogP contribution in [0.25, 0.3) is 0 Å². The number of hydrogen-bond acceptors (Lipinski definition) is 5. The van der Waals surface area contributed by atoms with Crippen molar-refractivity contribution in [1.29, 1.82) is 0 Å². The number of hydrogen-bond donors (Lipinski definition) is 1. The Kier molecular flexibility index (Phi) is 5.23. The average molecular weight is 331 g/mol. The van der Waals surface area contributed by atoms with Gasteiger partial charge < -0.3 is 10.6 Å². The third-order valence-corrected chi connectivity index (χ3v) is 4.19. The summed E-state index contributed by atoms with van der Waals surface area (Å²) >= 11 is 1.66. The zero-order valence-electron chi connectivity index (χ0n) is 12.9. The van der Waals surface area contributed by atoms with Crippen molar-refractivity contribution in [1.82, 2.24) is 0 Å². The van der Waals surface area contributed by atoms with Crippen LogP contribution in [-0.2, 0) is 6.54 Å². The molecule has 0 aliphatic carbocycles. The number of carbonyl (C=O) groups excluding carboxylic acids is 1. The first-order valence-electron chi connectivity index (χ1n) is 6.84. The smallest absolute Gasteiger partial charge is 0.293 e. The van der Waals surface area contributed by atoms with Crippen LogP contribution in [-0.4, -0.2) is 24.1 Å². The molecule has 0 spiro atoms. The maximum absolute atomic E-state index is 11.3. The Morgan fingerprint density at radius 3 is 2.43 bits per heavy atom. The molecule has 7 heteroatoms. The van der Waals surface area contributed by atoms with Crippen molar-refractivity contribution < 1.29 is 9.72 Å². The number of rotatable bonds is 6. The van der Waals surface area contributed by atoms with Gasteiger partial charge in [-0.1, -0.05) is 12.1 Å². The zero-order valence-corrected chi connectivity index (χ0v) is 13.7. The number of carbonyl (C=O) groups is 1. The summed E-state index contributed by atoms with van der Waals surface area (Å²) in [5.74, 6) is -0.685. The SMILES string of the molecule is CSc1ccc(CN(C)c2ccc(C(N)=O)cc2[N+](=O)[O-])cc1. The summed E-state index contributed by atoms with van der Waals surface area (Å²) in [6.45, 7) is 0.519. The maximum atomic E-state index is 11.3. The molecule has 2 aromatic carbocycles. The molecule has 2 N–H and O–H groups in total. The number of nitro benzene ring substituents is 1. The second-order valence-electron chi connectivity index (χ2n) is 5.03. The van der Waals surface area contributed by atoms with Crippen LogP contribution in [0, 0.1) is 10.1 Å². The number of nitrogens with two attached hydrogens (primary N) is 1. The lowest BCUT2D eigenvalue weighted by atomic mass is 10.1. The van der Waals surface area contributed by atoms with Crippen molar-refractivity contribution >= 4 is 29.0 Å². The van der Waals surface area contributed by atoms with Crippen molar-refractivity contribution in [3.63, 3.8) is 0 Å². The third kappa shape index (κ3) is 4.01. The van der Waals surface area contributed by atoms with Gasteiger partial charge in [-0.25, -0.2) is 0 Å². The molecule has 0 heterocycles. The average Bonchev–Trinajstić information content (AvgIpc) is 2.54. The van der Waals surface area contributed by atoms with Crippen LogP contribution in [0.1, 0.15) is 15.9 Å². The lowest BCUT2D eigenvalue weighted by Crippen LogP contribution is -2.18. The molecule has 0 aliphatic heterocycles. The van der Waals surface area contributed by atoms with Gasteiger partial charge in [-0.3, -0.25) is 14.9 Å². The Hall–Kier alpha value is -2.54. The highest BCUT2D eigenvalue weighted by atomic mass is 32.2. The molecule has 2 aromatic rings. The number of anilines is 1. The first-order chi connectivity index (χ1) is 10.9. The Balaban J connectivity index is 2.28. The summed E-state index contributed by atoms with van der Waals surface area (Å²) in [6, 6.07) is 12.3. The molecule has 0 saturated heterocycles. The first kappa shape index (κ1) is 16.8. The van der Waals surface area contributed by atoms with E-state index in [1.165, 1.54) is 12.1 Å². The number of primary amides is 1. The molecule has 0 aromatic heterocycles. The van der Waals surface area contributed by atoms with Crippen LogP contribution in [0.3, 0.4) is 0 Å². The summed E-state index contributed by atoms with van der Waals surface area (Å²) in [6.07, 6.45) is 2.00. The third-order valence-electron chi connectivity index (χ3n) is 3.45. The standard InChI is InChI=1S/C16H17N3O3S/c1-18(10-11-3-6-13(23-2)7-4-11)14-8-5-12(16(17)20)9-15(14)19(21)22/h3-9H,10H2,1-2H3,(H2,17,20). The molecular weight excluding hydrogens is 314 g/mol. The van der Waals surface area contributed by atoms with E-state index in [-0.39, 0.29) is 11.3 Å². The molecule has 0 bridgehead atoms. The number of nitrogens with zero attached hydrogens (tertiary/aromatic N) is 2. The van der Waals surface area contributed by atoms with Gasteiger partial charge in [-0.05, 0) is 36.1 Å². The van der Waals surface area contributed by atoms with Crippen molar-refractivity contribution in [3.05, 3.63) is 63.7 Å². The molecule has 0 unspecified atom stereocenters. The second kappa shape index (κ2) is 7.15. The van der Waals surface area contributed by atoms with Gasteiger partial charge in [0.2, 0.25) is 5.91 Å². The topological polar surface area (TPSA) is 89.5 Å². The van der Waals surface area contributed by atoms with Crippen molar-refractivity contribution in [2.24, 2.45) is 5.73 Å². The molecule has 0 aliphatic rings. The molecule has 2 rings (SSSR count). The van der Waals surface area contributed by atoms with E-state index < -0.39 is 10.8 Å². The predicted molar refractivity (Wildman–Crippen MR) is 91.9 cm³/mol. The molecule has 0 fully saturated rings. The highest BCUT2D eigenvalue weighted by molar-refractivity contribution is 7.98. The second-order valence-corrected chi connectivity index (χ2v) is 5.91. The predicted octanol–water partition coefficient (Wildman–Crippen LogP) is 3.05. The van der Waals surface area contributed by atoms with E-state index in [2.05, 4.69) is 0 Å². The minimum Gasteiger partial charge on any atom is -0.366 e. The van der Waals surface area contributed by atoms with E-state index in [4.69, 9.17) is 5.73 Å². The van der Waals surface area contributed by atoms with Crippen LogP contribution in [0.2, 0.25) is 0 Å². The number of benzene rings is 2. The van der Waals surface area contributed by atoms with Crippen LogP contribution in [0.5, 0.6) is 0 Å². The molecule has 1 amide bonds. The molecule has 0 saturated carbocycles. The van der Waals surface area contributed by atoms with E-state index in [1.807, 2.05) is 30.5 Å². The van der Waals surface area contributed by atoms with Crippen LogP contribution >= 0.6 is 11.8 Å². The Morgan fingerprint density at radius 2 is 1.91 bits per heavy atom. The summed E-state index contributed by atoms with van der Waals surface area (Å²) in [4.78, 5) is 24.9. The van der Waals surface area contributed by atoms with Gasteiger partial charge in [0.1, 0.15) is 5.69 Å². The van der Waals surface area contributed by atoms with Gasteiger partial charge in [0, 0.05) is 30.1 Å². The van der Waals surface area contributed by atoms with Crippen molar-refractivity contribution in [2.75, 3.05) is 18.2 Å². The van der Waals surface area contributed by atoms with Crippen LogP contribution in [0.4, 0.5) is 11.4 Å². The molecule has 0 radical (unpaired) electrons. The summed E-state index contributed by atoms with van der Waals surface area (Å²) < 4.78 is 0. The molecule has 0 atom stereocenters. The first-order valence-corrected chi connectivity index (χ1v) is 8.07. The largest absolute Gasteiger partial charge is 0.366 e. The minimum absolute atomic E-state index is 0.123. The lowest BCUT2D eigenvalue weighted by molar-refractivity contribution is -0.384. The maximum Gasteiger partial charge on any atom is 0.293 e. The highest BCUT2D eigenvalue weighted by Gasteiger charge is 2.19. The monoisotopic (exact) mass is 331 g/mol. The van der Waals surface area contributed by atoms with Gasteiger partial charge in [-0.2, -0.15) is 0 Å². The van der Waals surface area contributed by atoms with E-state index >= 15 is 0 Å². The van der Waals surface area contributed by atoms with E-state index in [0.29, 0.717) is 12.2 Å². The van der Waals surface area contributed by atoms with Crippen LogP contribution < -0.4 is 10.6 Å². The molecular formula is C16H17N3O3S. The van der Waals surface area contributed by atoms with Gasteiger partial charge in [-0.15, -0.1) is 11.8 Å². The van der Waals surface area contributed by atoms with Gasteiger partial charge in [0.15, 0.2) is 0 Å². The van der Waals surface area contributed by atoms with Crippen LogP contribution in [0.15, 0.2) is 47.4 Å². The fourth-order valence-electron chi connectivity index (χ4n) is 2.24. The van der Waals surface area contributed by atoms with Gasteiger partial charge in [0.25, 0.3) is 5.69 Å². The number of nitro groups is 1. The molecule has 6 nitrogen and oxygen atoms in total. The summed E-state index contributed by atoms with van der Waals surface area (Å²) in [5.41, 5.74) is 6.65. The number of thioether (sulfide) groups is 1. The van der Waals surface area contributed by atoms with E-state index in [9.17, 15) is 14.9 Å². The minimum atomic E-state index is -0.685. The molecule has 23 heavy (non-hydrogen) atoms. The number of amides is 1. The fraction of sp³-hybridized carbons (Fsp3) is 0.188. The van der Waals surface area contributed by atoms with Crippen molar-refractivity contribution in [3.8, 4) is 0 Å². The normalized spacial score (nSPS) is 10.3. The van der Waals surface area contributed by atoms with E-state index in [0.717, 1.165) is 10.5 Å². The van der Waals surface area contributed by atoms with E-state index in [1.54, 1.807) is 29.8 Å². The Bertz CT molecular complexity index is 732.